The van der Waals surface area contributed by atoms with Gasteiger partial charge >= 0.3 is 0 Å². The molecule has 1 aromatic rings. The summed E-state index contributed by atoms with van der Waals surface area (Å²) in [6, 6.07) is 6.63. The predicted molar refractivity (Wildman–Crippen MR) is 83.1 cm³/mol. The van der Waals surface area contributed by atoms with Gasteiger partial charge in [-0.25, -0.2) is 0 Å². The molecule has 3 nitrogen and oxygen atoms in total. The average Bonchev–Trinajstić information content (AvgIpc) is 2.51. The minimum absolute atomic E-state index is 0.476. The maximum absolute atomic E-state index is 6.46. The highest BCUT2D eigenvalue weighted by atomic mass is 35.5. The molecule has 1 heterocycles. The Morgan fingerprint density at radius 3 is 2.89 bits per heavy atom. The first-order valence-electron chi connectivity index (χ1n) is 7.06. The van der Waals surface area contributed by atoms with Gasteiger partial charge < -0.3 is 15.5 Å². The molecule has 0 bridgehead atoms. The second-order valence-corrected chi connectivity index (χ2v) is 5.85. The van der Waals surface area contributed by atoms with Gasteiger partial charge in [0, 0.05) is 19.1 Å². The van der Waals surface area contributed by atoms with Crippen molar-refractivity contribution in [3.8, 4) is 0 Å². The van der Waals surface area contributed by atoms with E-state index in [0.717, 1.165) is 31.1 Å². The fourth-order valence-corrected chi connectivity index (χ4v) is 3.25. The molecule has 1 aliphatic rings. The van der Waals surface area contributed by atoms with Crippen LogP contribution in [0.3, 0.4) is 0 Å². The number of hydrogen-bond donors (Lipinski definition) is 1. The van der Waals surface area contributed by atoms with Gasteiger partial charge in [0.1, 0.15) is 0 Å². The summed E-state index contributed by atoms with van der Waals surface area (Å²) < 4.78 is 0. The number of nitrogens with two attached hydrogens (primary N) is 1. The lowest BCUT2D eigenvalue weighted by atomic mass is 10.1. The molecule has 0 aromatic heterocycles. The van der Waals surface area contributed by atoms with Crippen molar-refractivity contribution in [3.63, 3.8) is 0 Å². The Balaban J connectivity index is 2.33. The van der Waals surface area contributed by atoms with Crippen molar-refractivity contribution < 1.29 is 0 Å². The minimum atomic E-state index is 0.476. The summed E-state index contributed by atoms with van der Waals surface area (Å²) in [7, 11) is 2.19. The standard InChI is InChI=1S/C15H24ClN3/c1-12-11-18(2)9-4-10-19(12)15-13(7-8-17)5-3-6-14(15)16/h3,5-6,12H,4,7-11,17H2,1-2H3. The zero-order valence-corrected chi connectivity index (χ0v) is 12.7. The van der Waals surface area contributed by atoms with E-state index in [4.69, 9.17) is 17.3 Å². The van der Waals surface area contributed by atoms with Crippen LogP contribution in [0.5, 0.6) is 0 Å². The molecular weight excluding hydrogens is 258 g/mol. The molecule has 19 heavy (non-hydrogen) atoms. The monoisotopic (exact) mass is 281 g/mol. The first-order chi connectivity index (χ1) is 9.13. The average molecular weight is 282 g/mol. The van der Waals surface area contributed by atoms with E-state index in [1.54, 1.807) is 0 Å². The summed E-state index contributed by atoms with van der Waals surface area (Å²) in [6.07, 6.45) is 2.06. The van der Waals surface area contributed by atoms with Crippen LogP contribution < -0.4 is 10.6 Å². The third-order valence-corrected chi connectivity index (χ3v) is 4.12. The first-order valence-corrected chi connectivity index (χ1v) is 7.44. The molecule has 0 aliphatic carbocycles. The van der Waals surface area contributed by atoms with Crippen LogP contribution in [-0.4, -0.2) is 44.2 Å². The van der Waals surface area contributed by atoms with E-state index in [1.807, 2.05) is 12.1 Å². The normalized spacial score (nSPS) is 21.5. The highest BCUT2D eigenvalue weighted by Crippen LogP contribution is 2.32. The van der Waals surface area contributed by atoms with Gasteiger partial charge in [-0.1, -0.05) is 23.7 Å². The molecule has 2 rings (SSSR count). The largest absolute Gasteiger partial charge is 0.366 e. The van der Waals surface area contributed by atoms with Crippen LogP contribution in [0.15, 0.2) is 18.2 Å². The molecule has 106 valence electrons. The van der Waals surface area contributed by atoms with Gasteiger partial charge in [0.05, 0.1) is 10.7 Å². The van der Waals surface area contributed by atoms with Crippen LogP contribution in [0.2, 0.25) is 5.02 Å². The number of halogens is 1. The minimum Gasteiger partial charge on any atom is -0.366 e. The van der Waals surface area contributed by atoms with Crippen LogP contribution in [0.25, 0.3) is 0 Å². The van der Waals surface area contributed by atoms with Crippen molar-refractivity contribution in [3.05, 3.63) is 28.8 Å². The van der Waals surface area contributed by atoms with E-state index >= 15 is 0 Å². The highest BCUT2D eigenvalue weighted by Gasteiger charge is 2.23. The van der Waals surface area contributed by atoms with E-state index in [2.05, 4.69) is 29.8 Å². The molecule has 1 aromatic carbocycles. The molecule has 1 unspecified atom stereocenters. The zero-order chi connectivity index (χ0) is 13.8. The Kier molecular flexibility index (Phi) is 5.08. The van der Waals surface area contributed by atoms with E-state index in [0.29, 0.717) is 12.6 Å². The zero-order valence-electron chi connectivity index (χ0n) is 11.9. The van der Waals surface area contributed by atoms with Crippen molar-refractivity contribution in [2.24, 2.45) is 5.73 Å². The van der Waals surface area contributed by atoms with Gasteiger partial charge in [-0.2, -0.15) is 0 Å². The van der Waals surface area contributed by atoms with E-state index in [-0.39, 0.29) is 0 Å². The fourth-order valence-electron chi connectivity index (χ4n) is 2.94. The quantitative estimate of drug-likeness (QED) is 0.923. The van der Waals surface area contributed by atoms with Gasteiger partial charge in [-0.3, -0.25) is 0 Å². The van der Waals surface area contributed by atoms with Crippen molar-refractivity contribution in [2.75, 3.05) is 38.1 Å². The van der Waals surface area contributed by atoms with E-state index in [1.165, 1.54) is 17.7 Å². The molecule has 2 N–H and O–H groups in total. The highest BCUT2D eigenvalue weighted by molar-refractivity contribution is 6.33. The predicted octanol–water partition coefficient (Wildman–Crippen LogP) is 2.37. The van der Waals surface area contributed by atoms with Crippen LogP contribution in [0.1, 0.15) is 18.9 Å². The second-order valence-electron chi connectivity index (χ2n) is 5.44. The van der Waals surface area contributed by atoms with Crippen molar-refractivity contribution in [1.29, 1.82) is 0 Å². The number of para-hydroxylation sites is 1. The third-order valence-electron chi connectivity index (χ3n) is 3.82. The topological polar surface area (TPSA) is 32.5 Å². The number of nitrogens with zero attached hydrogens (tertiary/aromatic N) is 2. The van der Waals surface area contributed by atoms with Crippen LogP contribution in [0, 0.1) is 0 Å². The molecule has 1 saturated heterocycles. The number of likely N-dealkylation sites (N-methyl/N-ethyl adjacent to an activating group) is 1. The number of rotatable bonds is 3. The summed E-state index contributed by atoms with van der Waals surface area (Å²) in [5.74, 6) is 0. The first kappa shape index (κ1) is 14.6. The molecule has 4 heteroatoms. The second kappa shape index (κ2) is 6.60. The molecule has 0 saturated carbocycles. The van der Waals surface area contributed by atoms with Crippen molar-refractivity contribution in [1.82, 2.24) is 4.90 Å². The fraction of sp³-hybridized carbons (Fsp3) is 0.600. The Hall–Kier alpha value is -0.770. The lowest BCUT2D eigenvalue weighted by molar-refractivity contribution is 0.337. The van der Waals surface area contributed by atoms with Crippen LogP contribution in [-0.2, 0) is 6.42 Å². The molecule has 1 atom stereocenters. The number of hydrogen-bond acceptors (Lipinski definition) is 3. The Morgan fingerprint density at radius 1 is 1.37 bits per heavy atom. The number of anilines is 1. The van der Waals surface area contributed by atoms with Crippen molar-refractivity contribution in [2.45, 2.75) is 25.8 Å². The molecule has 1 aliphatic heterocycles. The summed E-state index contributed by atoms with van der Waals surface area (Å²) in [5, 5.41) is 0.849. The number of benzene rings is 1. The smallest absolute Gasteiger partial charge is 0.0642 e. The summed E-state index contributed by atoms with van der Waals surface area (Å²) in [4.78, 5) is 4.85. The van der Waals surface area contributed by atoms with Crippen LogP contribution >= 0.6 is 11.6 Å². The lowest BCUT2D eigenvalue weighted by Gasteiger charge is -2.32. The molecular formula is C15H24ClN3. The molecule has 0 amide bonds. The SMILES string of the molecule is CC1CN(C)CCCN1c1c(Cl)cccc1CCN. The van der Waals surface area contributed by atoms with Crippen LogP contribution in [0.4, 0.5) is 5.69 Å². The third kappa shape index (κ3) is 3.41. The summed E-state index contributed by atoms with van der Waals surface area (Å²) in [5.41, 5.74) is 8.19. The molecule has 0 spiro atoms. The van der Waals surface area contributed by atoms with Gasteiger partial charge in [-0.05, 0) is 51.5 Å². The van der Waals surface area contributed by atoms with E-state index in [9.17, 15) is 0 Å². The van der Waals surface area contributed by atoms with Gasteiger partial charge in [0.15, 0.2) is 0 Å². The van der Waals surface area contributed by atoms with Crippen molar-refractivity contribution >= 4 is 17.3 Å². The van der Waals surface area contributed by atoms with E-state index < -0.39 is 0 Å². The molecule has 1 fully saturated rings. The van der Waals surface area contributed by atoms with Gasteiger partial charge in [-0.15, -0.1) is 0 Å². The maximum Gasteiger partial charge on any atom is 0.0642 e. The lowest BCUT2D eigenvalue weighted by Crippen LogP contribution is -2.38. The maximum atomic E-state index is 6.46. The Labute approximate surface area is 121 Å². The van der Waals surface area contributed by atoms with Gasteiger partial charge in [0.25, 0.3) is 0 Å². The summed E-state index contributed by atoms with van der Waals surface area (Å²) in [6.45, 7) is 6.23. The summed E-state index contributed by atoms with van der Waals surface area (Å²) >= 11 is 6.46. The van der Waals surface area contributed by atoms with Gasteiger partial charge in [0.2, 0.25) is 0 Å². The molecule has 0 radical (unpaired) electrons. The Bertz CT molecular complexity index is 422. The Morgan fingerprint density at radius 2 is 2.16 bits per heavy atom.